The van der Waals surface area contributed by atoms with Crippen molar-refractivity contribution in [2.24, 2.45) is 5.41 Å². The average molecular weight is 282 g/mol. The summed E-state index contributed by atoms with van der Waals surface area (Å²) in [5.74, 6) is -1.56. The molecule has 0 atom stereocenters. The van der Waals surface area contributed by atoms with Crippen molar-refractivity contribution in [2.75, 3.05) is 0 Å². The molecule has 6 nitrogen and oxygen atoms in total. The van der Waals surface area contributed by atoms with Crippen LogP contribution in [0.15, 0.2) is 5.38 Å². The molecule has 1 fully saturated rings. The van der Waals surface area contributed by atoms with Crippen molar-refractivity contribution >= 4 is 29.1 Å². The average Bonchev–Trinajstić information content (AvgIpc) is 2.70. The standard InChI is InChI=1S/C12H14N2O4S/c1-12(2)3-8(15)14(9(16)4-12)5-7-6-19-10(13-7)11(17)18/h6H,3-5H2,1-2H3,(H,17,18). The number of hydrogen-bond acceptors (Lipinski definition) is 5. The van der Waals surface area contributed by atoms with Crippen molar-refractivity contribution in [1.82, 2.24) is 9.88 Å². The molecule has 0 radical (unpaired) electrons. The van der Waals surface area contributed by atoms with Crippen LogP contribution in [0.3, 0.4) is 0 Å². The number of nitrogens with zero attached hydrogens (tertiary/aromatic N) is 2. The molecule has 102 valence electrons. The molecule has 1 aliphatic heterocycles. The molecule has 0 aromatic carbocycles. The molecular formula is C12H14N2O4S. The van der Waals surface area contributed by atoms with Gasteiger partial charge in [0, 0.05) is 18.2 Å². The number of carboxylic acids is 1. The summed E-state index contributed by atoms with van der Waals surface area (Å²) < 4.78 is 0. The first-order valence-corrected chi connectivity index (χ1v) is 6.67. The lowest BCUT2D eigenvalue weighted by Gasteiger charge is -2.34. The normalized spacial score (nSPS) is 18.7. The van der Waals surface area contributed by atoms with E-state index in [1.807, 2.05) is 13.8 Å². The first-order chi connectivity index (χ1) is 8.78. The summed E-state index contributed by atoms with van der Waals surface area (Å²) in [5.41, 5.74) is 0.127. The van der Waals surface area contributed by atoms with Gasteiger partial charge < -0.3 is 5.11 Å². The van der Waals surface area contributed by atoms with Crippen molar-refractivity contribution in [1.29, 1.82) is 0 Å². The van der Waals surface area contributed by atoms with Crippen molar-refractivity contribution in [3.05, 3.63) is 16.1 Å². The van der Waals surface area contributed by atoms with Crippen molar-refractivity contribution < 1.29 is 19.5 Å². The van der Waals surface area contributed by atoms with E-state index in [1.165, 1.54) is 0 Å². The highest BCUT2D eigenvalue weighted by atomic mass is 32.1. The summed E-state index contributed by atoms with van der Waals surface area (Å²) in [6, 6.07) is 0. The number of imide groups is 1. The van der Waals surface area contributed by atoms with Crippen LogP contribution in [-0.2, 0) is 16.1 Å². The van der Waals surface area contributed by atoms with Crippen LogP contribution in [0.4, 0.5) is 0 Å². The fraction of sp³-hybridized carbons (Fsp3) is 0.500. The van der Waals surface area contributed by atoms with E-state index in [2.05, 4.69) is 4.98 Å². The Bertz CT molecular complexity index is 530. The van der Waals surface area contributed by atoms with E-state index in [4.69, 9.17) is 5.11 Å². The first kappa shape index (κ1) is 13.7. The number of piperidine rings is 1. The van der Waals surface area contributed by atoms with Crippen LogP contribution in [-0.4, -0.2) is 32.8 Å². The maximum atomic E-state index is 11.9. The summed E-state index contributed by atoms with van der Waals surface area (Å²) in [4.78, 5) is 39.6. The zero-order chi connectivity index (χ0) is 14.2. The Hall–Kier alpha value is -1.76. The van der Waals surface area contributed by atoms with Gasteiger partial charge in [0.15, 0.2) is 0 Å². The number of carboxylic acid groups (broad SMARTS) is 1. The monoisotopic (exact) mass is 282 g/mol. The van der Waals surface area contributed by atoms with Gasteiger partial charge in [-0.1, -0.05) is 13.8 Å². The van der Waals surface area contributed by atoms with E-state index in [1.54, 1.807) is 5.38 Å². The minimum Gasteiger partial charge on any atom is -0.476 e. The topological polar surface area (TPSA) is 87.6 Å². The van der Waals surface area contributed by atoms with E-state index in [0.29, 0.717) is 18.5 Å². The van der Waals surface area contributed by atoms with Gasteiger partial charge in [-0.05, 0) is 5.41 Å². The Morgan fingerprint density at radius 1 is 1.42 bits per heavy atom. The Kier molecular flexibility index (Phi) is 3.40. The van der Waals surface area contributed by atoms with E-state index < -0.39 is 5.97 Å². The molecule has 19 heavy (non-hydrogen) atoms. The van der Waals surface area contributed by atoms with Crippen LogP contribution in [0.2, 0.25) is 0 Å². The highest BCUT2D eigenvalue weighted by Gasteiger charge is 2.37. The van der Waals surface area contributed by atoms with Gasteiger partial charge in [-0.2, -0.15) is 0 Å². The predicted molar refractivity (Wildman–Crippen MR) is 67.6 cm³/mol. The molecule has 1 aliphatic rings. The van der Waals surface area contributed by atoms with Gasteiger partial charge in [0.05, 0.1) is 12.2 Å². The number of likely N-dealkylation sites (tertiary alicyclic amines) is 1. The minimum absolute atomic E-state index is 0.0350. The molecule has 0 bridgehead atoms. The molecule has 2 heterocycles. The first-order valence-electron chi connectivity index (χ1n) is 5.79. The minimum atomic E-state index is -1.10. The second kappa shape index (κ2) is 4.73. The Labute approximate surface area is 114 Å². The van der Waals surface area contributed by atoms with E-state index >= 15 is 0 Å². The van der Waals surface area contributed by atoms with Crippen LogP contribution in [0.1, 0.15) is 42.2 Å². The number of thiazole rings is 1. The number of amides is 2. The second-order valence-electron chi connectivity index (χ2n) is 5.34. The lowest BCUT2D eigenvalue weighted by molar-refractivity contribution is -0.153. The molecule has 1 saturated heterocycles. The third kappa shape index (κ3) is 2.98. The molecule has 0 aliphatic carbocycles. The number of hydrogen-bond donors (Lipinski definition) is 1. The third-order valence-electron chi connectivity index (χ3n) is 2.92. The predicted octanol–water partition coefficient (Wildman–Crippen LogP) is 1.52. The van der Waals surface area contributed by atoms with E-state index in [9.17, 15) is 14.4 Å². The molecular weight excluding hydrogens is 268 g/mol. The maximum absolute atomic E-state index is 11.9. The molecule has 0 spiro atoms. The Morgan fingerprint density at radius 3 is 2.47 bits per heavy atom. The SMILES string of the molecule is CC1(C)CC(=O)N(Cc2csc(C(=O)O)n2)C(=O)C1. The maximum Gasteiger partial charge on any atom is 0.365 e. The number of aromatic nitrogens is 1. The van der Waals surface area contributed by atoms with Gasteiger partial charge in [-0.3, -0.25) is 14.5 Å². The van der Waals surface area contributed by atoms with Crippen LogP contribution in [0, 0.1) is 5.41 Å². The van der Waals surface area contributed by atoms with Crippen LogP contribution in [0.5, 0.6) is 0 Å². The lowest BCUT2D eigenvalue weighted by atomic mass is 9.82. The van der Waals surface area contributed by atoms with Gasteiger partial charge in [-0.15, -0.1) is 11.3 Å². The number of aromatic carboxylic acids is 1. The molecule has 1 aromatic heterocycles. The van der Waals surface area contributed by atoms with Gasteiger partial charge >= 0.3 is 5.97 Å². The summed E-state index contributed by atoms with van der Waals surface area (Å²) in [6.45, 7) is 3.81. The van der Waals surface area contributed by atoms with Crippen LogP contribution >= 0.6 is 11.3 Å². The summed E-state index contributed by atoms with van der Waals surface area (Å²) in [6.07, 6.45) is 0.628. The van der Waals surface area contributed by atoms with Crippen molar-refractivity contribution in [3.8, 4) is 0 Å². The third-order valence-corrected chi connectivity index (χ3v) is 3.80. The van der Waals surface area contributed by atoms with Gasteiger partial charge in [0.2, 0.25) is 16.8 Å². The number of carbonyl (C=O) groups is 3. The van der Waals surface area contributed by atoms with E-state index in [-0.39, 0.29) is 28.8 Å². The van der Waals surface area contributed by atoms with Crippen LogP contribution in [0.25, 0.3) is 0 Å². The zero-order valence-electron chi connectivity index (χ0n) is 10.7. The molecule has 1 N–H and O–H groups in total. The number of carbonyl (C=O) groups excluding carboxylic acids is 2. The largest absolute Gasteiger partial charge is 0.476 e. The van der Waals surface area contributed by atoms with Crippen LogP contribution < -0.4 is 0 Å². The Morgan fingerprint density at radius 2 is 2.00 bits per heavy atom. The Balaban J connectivity index is 2.12. The van der Waals surface area contributed by atoms with Gasteiger partial charge in [0.1, 0.15) is 0 Å². The zero-order valence-corrected chi connectivity index (χ0v) is 11.5. The molecule has 2 rings (SSSR count). The highest BCUT2D eigenvalue weighted by molar-refractivity contribution is 7.11. The fourth-order valence-electron chi connectivity index (χ4n) is 2.03. The summed E-state index contributed by atoms with van der Waals surface area (Å²) in [5, 5.41) is 10.3. The van der Waals surface area contributed by atoms with Gasteiger partial charge in [0.25, 0.3) is 0 Å². The van der Waals surface area contributed by atoms with Crippen molar-refractivity contribution in [2.45, 2.75) is 33.2 Å². The molecule has 1 aromatic rings. The molecule has 2 amide bonds. The quantitative estimate of drug-likeness (QED) is 0.849. The van der Waals surface area contributed by atoms with E-state index in [0.717, 1.165) is 16.2 Å². The summed E-state index contributed by atoms with van der Waals surface area (Å²) >= 11 is 0.989. The van der Waals surface area contributed by atoms with Crippen molar-refractivity contribution in [3.63, 3.8) is 0 Å². The molecule has 0 saturated carbocycles. The smallest absolute Gasteiger partial charge is 0.365 e. The summed E-state index contributed by atoms with van der Waals surface area (Å²) in [7, 11) is 0. The lowest BCUT2D eigenvalue weighted by Crippen LogP contribution is -2.45. The van der Waals surface area contributed by atoms with Gasteiger partial charge in [-0.25, -0.2) is 9.78 Å². The molecule has 0 unspecified atom stereocenters. The fourth-order valence-corrected chi connectivity index (χ4v) is 2.67. The molecule has 7 heteroatoms. The highest BCUT2D eigenvalue weighted by Crippen LogP contribution is 2.32. The second-order valence-corrected chi connectivity index (χ2v) is 6.20. The number of rotatable bonds is 3.